The first kappa shape index (κ1) is 11.2. The van der Waals surface area contributed by atoms with Crippen LogP contribution in [0.15, 0.2) is 0 Å². The average Bonchev–Trinajstić information content (AvgIpc) is 2.43. The molecule has 0 aromatic carbocycles. The zero-order valence-electron chi connectivity index (χ0n) is 8.82. The smallest absolute Gasteiger partial charge is 0.222 e. The number of ketones is 1. The summed E-state index contributed by atoms with van der Waals surface area (Å²) in [5.74, 6) is -1.24. The summed E-state index contributed by atoms with van der Waals surface area (Å²) in [5.41, 5.74) is 0. The number of hydrogen-bond acceptors (Lipinski definition) is 3. The van der Waals surface area contributed by atoms with Crippen LogP contribution in [0, 0.1) is 23.0 Å². The van der Waals surface area contributed by atoms with Crippen LogP contribution in [0.5, 0.6) is 0 Å². The van der Waals surface area contributed by atoms with Crippen LogP contribution in [0.2, 0.25) is 0 Å². The van der Waals surface area contributed by atoms with Crippen LogP contribution in [-0.4, -0.2) is 23.3 Å². The molecule has 1 fully saturated rings. The standard InChI is InChI=1S/C10H16NO3/c1-4-8(12)9-7(6(2)3)5-11(14)10(9)13/h6-7,9H,4-5H2,1-3H3/q-1/t7-,9?/m0/s1. The molecule has 4 heteroatoms. The summed E-state index contributed by atoms with van der Waals surface area (Å²) in [7, 11) is 0. The van der Waals surface area contributed by atoms with Crippen molar-refractivity contribution < 1.29 is 9.59 Å². The molecule has 0 bridgehead atoms. The molecule has 80 valence electrons. The maximum absolute atomic E-state index is 11.5. The van der Waals surface area contributed by atoms with Gasteiger partial charge in [-0.3, -0.25) is 9.59 Å². The van der Waals surface area contributed by atoms with Gasteiger partial charge in [0, 0.05) is 13.0 Å². The van der Waals surface area contributed by atoms with E-state index in [1.807, 2.05) is 13.8 Å². The molecule has 0 aromatic rings. The first-order valence-electron chi connectivity index (χ1n) is 5.00. The number of hydroxylamine groups is 2. The fourth-order valence-electron chi connectivity index (χ4n) is 1.92. The van der Waals surface area contributed by atoms with Crippen molar-refractivity contribution in [1.82, 2.24) is 5.06 Å². The molecule has 2 atom stereocenters. The Hall–Kier alpha value is -0.900. The fraction of sp³-hybridized carbons (Fsp3) is 0.800. The van der Waals surface area contributed by atoms with E-state index in [4.69, 9.17) is 0 Å². The lowest BCUT2D eigenvalue weighted by Gasteiger charge is -2.22. The molecule has 0 radical (unpaired) electrons. The van der Waals surface area contributed by atoms with Crippen LogP contribution >= 0.6 is 0 Å². The molecule has 0 spiro atoms. The summed E-state index contributed by atoms with van der Waals surface area (Å²) in [4.78, 5) is 22.9. The lowest BCUT2D eigenvalue weighted by atomic mass is 9.82. The molecule has 4 nitrogen and oxygen atoms in total. The van der Waals surface area contributed by atoms with E-state index in [2.05, 4.69) is 0 Å². The number of nitrogens with zero attached hydrogens (tertiary/aromatic N) is 1. The van der Waals surface area contributed by atoms with Gasteiger partial charge in [-0.2, -0.15) is 0 Å². The lowest BCUT2D eigenvalue weighted by Crippen LogP contribution is -2.29. The monoisotopic (exact) mass is 198 g/mol. The fourth-order valence-corrected chi connectivity index (χ4v) is 1.92. The Morgan fingerprint density at radius 2 is 2.21 bits per heavy atom. The number of rotatable bonds is 3. The van der Waals surface area contributed by atoms with Gasteiger partial charge in [0.2, 0.25) is 5.91 Å². The van der Waals surface area contributed by atoms with Gasteiger partial charge in [0.1, 0.15) is 11.7 Å². The van der Waals surface area contributed by atoms with Gasteiger partial charge in [0.05, 0.1) is 0 Å². The van der Waals surface area contributed by atoms with E-state index in [1.165, 1.54) is 0 Å². The summed E-state index contributed by atoms with van der Waals surface area (Å²) < 4.78 is 0. The second kappa shape index (κ2) is 4.09. The molecule has 1 heterocycles. The third-order valence-electron chi connectivity index (χ3n) is 2.87. The number of amides is 1. The summed E-state index contributed by atoms with van der Waals surface area (Å²) in [5, 5.41) is 11.6. The first-order chi connectivity index (χ1) is 6.49. The molecule has 1 saturated heterocycles. The Balaban J connectivity index is 2.87. The highest BCUT2D eigenvalue weighted by molar-refractivity contribution is 6.03. The van der Waals surface area contributed by atoms with Crippen LogP contribution in [-0.2, 0) is 9.59 Å². The van der Waals surface area contributed by atoms with Crippen molar-refractivity contribution in [2.24, 2.45) is 17.8 Å². The quantitative estimate of drug-likeness (QED) is 0.640. The molecule has 1 aliphatic heterocycles. The van der Waals surface area contributed by atoms with Crippen LogP contribution in [0.3, 0.4) is 0 Å². The maximum Gasteiger partial charge on any atom is 0.222 e. The Bertz CT molecular complexity index is 250. The van der Waals surface area contributed by atoms with Gasteiger partial charge in [-0.15, -0.1) is 0 Å². The maximum atomic E-state index is 11.5. The number of hydrogen-bond donors (Lipinski definition) is 0. The van der Waals surface area contributed by atoms with Crippen molar-refractivity contribution in [3.63, 3.8) is 0 Å². The second-order valence-corrected chi connectivity index (χ2v) is 4.10. The van der Waals surface area contributed by atoms with Gasteiger partial charge in [0.15, 0.2) is 0 Å². The predicted octanol–water partition coefficient (Wildman–Crippen LogP) is 1.19. The molecule has 1 aliphatic rings. The lowest BCUT2D eigenvalue weighted by molar-refractivity contribution is -0.136. The zero-order valence-corrected chi connectivity index (χ0v) is 8.82. The average molecular weight is 198 g/mol. The highest BCUT2D eigenvalue weighted by Crippen LogP contribution is 2.31. The van der Waals surface area contributed by atoms with E-state index in [-0.39, 0.29) is 24.2 Å². The van der Waals surface area contributed by atoms with Gasteiger partial charge in [-0.25, -0.2) is 0 Å². The molecule has 0 aliphatic carbocycles. The third-order valence-corrected chi connectivity index (χ3v) is 2.87. The van der Waals surface area contributed by atoms with E-state index in [1.54, 1.807) is 6.92 Å². The Morgan fingerprint density at radius 1 is 1.64 bits per heavy atom. The Morgan fingerprint density at radius 3 is 2.64 bits per heavy atom. The summed E-state index contributed by atoms with van der Waals surface area (Å²) in [6, 6.07) is 0. The van der Waals surface area contributed by atoms with Crippen molar-refractivity contribution in [2.45, 2.75) is 27.2 Å². The number of carbonyl (C=O) groups is 2. The molecular weight excluding hydrogens is 182 g/mol. The minimum Gasteiger partial charge on any atom is -0.756 e. The number of carbonyl (C=O) groups excluding carboxylic acids is 2. The van der Waals surface area contributed by atoms with E-state index < -0.39 is 11.8 Å². The predicted molar refractivity (Wildman–Crippen MR) is 52.2 cm³/mol. The van der Waals surface area contributed by atoms with Crippen molar-refractivity contribution in [2.75, 3.05) is 6.54 Å². The topological polar surface area (TPSA) is 60.4 Å². The van der Waals surface area contributed by atoms with Gasteiger partial charge < -0.3 is 10.3 Å². The van der Waals surface area contributed by atoms with Gasteiger partial charge >= 0.3 is 0 Å². The molecule has 14 heavy (non-hydrogen) atoms. The number of Topliss-reactive ketones (excluding diaryl/α,β-unsaturated/α-hetero) is 1. The molecule has 0 saturated carbocycles. The summed E-state index contributed by atoms with van der Waals surface area (Å²) >= 11 is 0. The summed E-state index contributed by atoms with van der Waals surface area (Å²) in [6.07, 6.45) is 0.327. The molecule has 1 unspecified atom stereocenters. The van der Waals surface area contributed by atoms with E-state index >= 15 is 0 Å². The Kier molecular flexibility index (Phi) is 3.26. The third kappa shape index (κ3) is 1.80. The minimum absolute atomic E-state index is 0.104. The van der Waals surface area contributed by atoms with Crippen molar-refractivity contribution in [1.29, 1.82) is 0 Å². The van der Waals surface area contributed by atoms with Crippen molar-refractivity contribution in [3.05, 3.63) is 5.21 Å². The molecular formula is C10H16NO3-. The molecule has 0 aromatic heterocycles. The highest BCUT2D eigenvalue weighted by Gasteiger charge is 2.41. The van der Waals surface area contributed by atoms with Crippen molar-refractivity contribution in [3.8, 4) is 0 Å². The van der Waals surface area contributed by atoms with Gasteiger partial charge in [-0.05, 0) is 11.8 Å². The van der Waals surface area contributed by atoms with Crippen LogP contribution in [0.4, 0.5) is 0 Å². The van der Waals surface area contributed by atoms with Crippen LogP contribution < -0.4 is 0 Å². The Labute approximate surface area is 83.8 Å². The molecule has 0 N–H and O–H groups in total. The molecule has 1 amide bonds. The molecule has 1 rings (SSSR count). The highest BCUT2D eigenvalue weighted by atomic mass is 16.5. The first-order valence-corrected chi connectivity index (χ1v) is 5.00. The van der Waals surface area contributed by atoms with E-state index in [0.29, 0.717) is 11.5 Å². The van der Waals surface area contributed by atoms with E-state index in [0.717, 1.165) is 0 Å². The second-order valence-electron chi connectivity index (χ2n) is 4.10. The van der Waals surface area contributed by atoms with Gasteiger partial charge in [-0.1, -0.05) is 20.8 Å². The minimum atomic E-state index is -0.683. The summed E-state index contributed by atoms with van der Waals surface area (Å²) in [6.45, 7) is 5.77. The van der Waals surface area contributed by atoms with Crippen LogP contribution in [0.25, 0.3) is 0 Å². The van der Waals surface area contributed by atoms with Crippen molar-refractivity contribution >= 4 is 11.7 Å². The SMILES string of the molecule is CCC(=O)C1C(=O)N([O-])C[C@H]1C(C)C. The van der Waals surface area contributed by atoms with Crippen LogP contribution in [0.1, 0.15) is 27.2 Å². The normalized spacial score (nSPS) is 27.5. The van der Waals surface area contributed by atoms with Gasteiger partial charge in [0.25, 0.3) is 0 Å². The zero-order chi connectivity index (χ0) is 10.9. The largest absolute Gasteiger partial charge is 0.756 e. The van der Waals surface area contributed by atoms with E-state index in [9.17, 15) is 14.8 Å².